The van der Waals surface area contributed by atoms with Crippen LogP contribution in [0.3, 0.4) is 0 Å². The zero-order valence-corrected chi connectivity index (χ0v) is 10.1. The van der Waals surface area contributed by atoms with Gasteiger partial charge in [0.25, 0.3) is 0 Å². The van der Waals surface area contributed by atoms with Crippen molar-refractivity contribution in [3.63, 3.8) is 0 Å². The van der Waals surface area contributed by atoms with Crippen LogP contribution >= 0.6 is 11.6 Å². The van der Waals surface area contributed by atoms with Crippen molar-refractivity contribution in [1.82, 2.24) is 19.9 Å². The maximum absolute atomic E-state index is 6.03. The Bertz CT molecular complexity index is 540. The van der Waals surface area contributed by atoms with E-state index in [1.54, 1.807) is 0 Å². The third-order valence-corrected chi connectivity index (χ3v) is 2.50. The summed E-state index contributed by atoms with van der Waals surface area (Å²) in [5.74, 6) is 0.484. The van der Waals surface area contributed by atoms with Crippen molar-refractivity contribution in [3.05, 3.63) is 16.5 Å². The van der Waals surface area contributed by atoms with E-state index in [0.717, 1.165) is 17.9 Å². The van der Waals surface area contributed by atoms with Gasteiger partial charge in [-0.1, -0.05) is 11.6 Å². The molecule has 0 spiro atoms. The number of fused-ring (bicyclic) bond motifs is 1. The van der Waals surface area contributed by atoms with E-state index in [2.05, 4.69) is 25.3 Å². The second-order valence-electron chi connectivity index (χ2n) is 3.43. The van der Waals surface area contributed by atoms with E-state index >= 15 is 0 Å². The molecule has 0 atom stereocenters. The topological polar surface area (TPSA) is 63.6 Å². The smallest absolute Gasteiger partial charge is 0.226 e. The van der Waals surface area contributed by atoms with Crippen molar-refractivity contribution in [1.29, 1.82) is 0 Å². The quantitative estimate of drug-likeness (QED) is 0.811. The fraction of sp³-hybridized carbons (Fsp3) is 0.400. The molecule has 0 saturated heterocycles. The number of hydrogen-bond acceptors (Lipinski definition) is 5. The van der Waals surface area contributed by atoms with Gasteiger partial charge in [-0.3, -0.25) is 0 Å². The molecule has 1 N–H and O–H groups in total. The van der Waals surface area contributed by atoms with Crippen molar-refractivity contribution < 1.29 is 0 Å². The first-order valence-corrected chi connectivity index (χ1v) is 5.42. The number of aromatic nitrogens is 4. The zero-order chi connectivity index (χ0) is 11.7. The summed E-state index contributed by atoms with van der Waals surface area (Å²) in [4.78, 5) is 17.0. The molecular weight excluding hydrogens is 226 g/mol. The third-order valence-electron chi connectivity index (χ3n) is 2.23. The Labute approximate surface area is 98.3 Å². The van der Waals surface area contributed by atoms with Crippen molar-refractivity contribution in [2.45, 2.75) is 20.8 Å². The van der Waals surface area contributed by atoms with E-state index in [-0.39, 0.29) is 0 Å². The molecule has 2 rings (SSSR count). The van der Waals surface area contributed by atoms with E-state index in [0.29, 0.717) is 22.3 Å². The Morgan fingerprint density at radius 3 is 2.44 bits per heavy atom. The monoisotopic (exact) mass is 237 g/mol. The molecule has 0 aliphatic carbocycles. The predicted molar refractivity (Wildman–Crippen MR) is 63.8 cm³/mol. The van der Waals surface area contributed by atoms with Gasteiger partial charge in [0.05, 0.1) is 11.4 Å². The van der Waals surface area contributed by atoms with Gasteiger partial charge in [-0.2, -0.15) is 9.97 Å². The van der Waals surface area contributed by atoms with Gasteiger partial charge in [0.1, 0.15) is 5.52 Å². The Kier molecular flexibility index (Phi) is 2.87. The van der Waals surface area contributed by atoms with Crippen LogP contribution in [0.5, 0.6) is 0 Å². The van der Waals surface area contributed by atoms with Gasteiger partial charge < -0.3 is 5.32 Å². The van der Waals surface area contributed by atoms with Crippen LogP contribution in [0.4, 0.5) is 5.95 Å². The zero-order valence-electron chi connectivity index (χ0n) is 9.37. The number of nitrogens with zero attached hydrogens (tertiary/aromatic N) is 4. The highest BCUT2D eigenvalue weighted by atomic mass is 35.5. The van der Waals surface area contributed by atoms with Gasteiger partial charge in [-0.15, -0.1) is 0 Å². The lowest BCUT2D eigenvalue weighted by molar-refractivity contribution is 1.04. The molecule has 0 amide bonds. The number of anilines is 1. The van der Waals surface area contributed by atoms with Crippen LogP contribution in [0, 0.1) is 13.8 Å². The fourth-order valence-corrected chi connectivity index (χ4v) is 1.52. The average Bonchev–Trinajstić information content (AvgIpc) is 2.22. The second kappa shape index (κ2) is 4.17. The van der Waals surface area contributed by atoms with Gasteiger partial charge in [-0.05, 0) is 20.8 Å². The second-order valence-corrected chi connectivity index (χ2v) is 3.79. The first kappa shape index (κ1) is 11.0. The molecule has 0 saturated carbocycles. The minimum Gasteiger partial charge on any atom is -0.354 e. The van der Waals surface area contributed by atoms with E-state index in [1.165, 1.54) is 0 Å². The number of aryl methyl sites for hydroxylation is 2. The van der Waals surface area contributed by atoms with Crippen molar-refractivity contribution >= 4 is 28.7 Å². The van der Waals surface area contributed by atoms with E-state index in [9.17, 15) is 0 Å². The lowest BCUT2D eigenvalue weighted by atomic mass is 10.3. The highest BCUT2D eigenvalue weighted by molar-refractivity contribution is 6.33. The molecule has 0 aliphatic rings. The summed E-state index contributed by atoms with van der Waals surface area (Å²) in [6, 6.07) is 0. The summed E-state index contributed by atoms with van der Waals surface area (Å²) in [7, 11) is 0. The van der Waals surface area contributed by atoms with E-state index in [1.807, 2.05) is 20.8 Å². The first-order valence-electron chi connectivity index (χ1n) is 5.04. The van der Waals surface area contributed by atoms with Crippen LogP contribution in [-0.4, -0.2) is 26.5 Å². The molecule has 0 fully saturated rings. The summed E-state index contributed by atoms with van der Waals surface area (Å²) < 4.78 is 0. The predicted octanol–water partition coefficient (Wildman–Crippen LogP) is 2.12. The summed E-state index contributed by atoms with van der Waals surface area (Å²) in [6.07, 6.45) is 0. The van der Waals surface area contributed by atoms with Crippen LogP contribution in [0.2, 0.25) is 5.15 Å². The van der Waals surface area contributed by atoms with Gasteiger partial charge in [0.15, 0.2) is 10.8 Å². The maximum atomic E-state index is 6.03. The lowest BCUT2D eigenvalue weighted by Crippen LogP contribution is -2.05. The minimum absolute atomic E-state index is 0.330. The van der Waals surface area contributed by atoms with E-state index < -0.39 is 0 Å². The van der Waals surface area contributed by atoms with Crippen LogP contribution in [-0.2, 0) is 0 Å². The summed E-state index contributed by atoms with van der Waals surface area (Å²) in [5.41, 5.74) is 2.77. The first-order chi connectivity index (χ1) is 7.61. The molecule has 0 aliphatic heterocycles. The van der Waals surface area contributed by atoms with Crippen molar-refractivity contribution in [2.75, 3.05) is 11.9 Å². The normalized spacial score (nSPS) is 10.8. The summed E-state index contributed by atoms with van der Waals surface area (Å²) in [5, 5.41) is 3.33. The molecule has 0 radical (unpaired) electrons. The SMILES string of the molecule is CCNc1nc(Cl)c2nc(C)c(C)nc2n1. The molecule has 5 nitrogen and oxygen atoms in total. The van der Waals surface area contributed by atoms with Gasteiger partial charge in [0.2, 0.25) is 5.95 Å². The summed E-state index contributed by atoms with van der Waals surface area (Å²) in [6.45, 7) is 6.48. The highest BCUT2D eigenvalue weighted by Gasteiger charge is 2.09. The Morgan fingerprint density at radius 2 is 1.75 bits per heavy atom. The molecule has 2 heterocycles. The maximum Gasteiger partial charge on any atom is 0.226 e. The molecule has 16 heavy (non-hydrogen) atoms. The molecule has 2 aromatic rings. The van der Waals surface area contributed by atoms with Gasteiger partial charge in [-0.25, -0.2) is 9.97 Å². The average molecular weight is 238 g/mol. The van der Waals surface area contributed by atoms with E-state index in [4.69, 9.17) is 11.6 Å². The molecule has 0 unspecified atom stereocenters. The largest absolute Gasteiger partial charge is 0.354 e. The minimum atomic E-state index is 0.330. The molecule has 0 aromatic carbocycles. The standard InChI is InChI=1S/C10H12ClN5/c1-4-12-10-15-8(11)7-9(16-10)14-6(3)5(2)13-7/h4H2,1-3H3,(H,12,14,15,16). The summed E-state index contributed by atoms with van der Waals surface area (Å²) >= 11 is 6.03. The third kappa shape index (κ3) is 1.90. The number of nitrogens with one attached hydrogen (secondary N) is 1. The number of halogens is 1. The van der Waals surface area contributed by atoms with Crippen molar-refractivity contribution in [3.8, 4) is 0 Å². The number of rotatable bonds is 2. The lowest BCUT2D eigenvalue weighted by Gasteiger charge is -2.05. The highest BCUT2D eigenvalue weighted by Crippen LogP contribution is 2.19. The fourth-order valence-electron chi connectivity index (χ4n) is 1.32. The van der Waals surface area contributed by atoms with Crippen molar-refractivity contribution in [2.24, 2.45) is 0 Å². The number of hydrogen-bond donors (Lipinski definition) is 1. The Balaban J connectivity index is 2.67. The molecule has 84 valence electrons. The van der Waals surface area contributed by atoms with Crippen LogP contribution in [0.25, 0.3) is 11.2 Å². The molecule has 6 heteroatoms. The van der Waals surface area contributed by atoms with Crippen LogP contribution in [0.15, 0.2) is 0 Å². The Morgan fingerprint density at radius 1 is 1.06 bits per heavy atom. The Hall–Kier alpha value is -1.49. The van der Waals surface area contributed by atoms with Gasteiger partial charge in [0, 0.05) is 6.54 Å². The molecular formula is C10H12ClN5. The molecule has 2 aromatic heterocycles. The van der Waals surface area contributed by atoms with Crippen LogP contribution < -0.4 is 5.32 Å². The van der Waals surface area contributed by atoms with Gasteiger partial charge >= 0.3 is 0 Å². The molecule has 0 bridgehead atoms. The van der Waals surface area contributed by atoms with Crippen LogP contribution in [0.1, 0.15) is 18.3 Å².